The standard InChI is InChI=1S/C19H26FN3O2/c1-14(19(25)23-7-3-4-8-23)21-9-11-22(12-10-21)18-6-5-16(15(2)24)13-17(18)20/h5-6,13-14H,3-4,7-12H2,1-2H3. The third-order valence-corrected chi connectivity index (χ3v) is 5.33. The van der Waals surface area contributed by atoms with Crippen LogP contribution in [0.1, 0.15) is 37.0 Å². The van der Waals surface area contributed by atoms with E-state index in [4.69, 9.17) is 0 Å². The van der Waals surface area contributed by atoms with Crippen molar-refractivity contribution in [2.45, 2.75) is 32.7 Å². The lowest BCUT2D eigenvalue weighted by Crippen LogP contribution is -2.54. The molecule has 25 heavy (non-hydrogen) atoms. The summed E-state index contributed by atoms with van der Waals surface area (Å²) in [5, 5.41) is 0. The summed E-state index contributed by atoms with van der Waals surface area (Å²) in [6.45, 7) is 7.96. The Morgan fingerprint density at radius 2 is 1.68 bits per heavy atom. The topological polar surface area (TPSA) is 43.9 Å². The molecule has 1 atom stereocenters. The Morgan fingerprint density at radius 1 is 1.04 bits per heavy atom. The summed E-state index contributed by atoms with van der Waals surface area (Å²) >= 11 is 0. The van der Waals surface area contributed by atoms with E-state index in [2.05, 4.69) is 4.90 Å². The Hall–Kier alpha value is -1.95. The zero-order chi connectivity index (χ0) is 18.0. The van der Waals surface area contributed by atoms with Gasteiger partial charge in [0.15, 0.2) is 5.78 Å². The van der Waals surface area contributed by atoms with Gasteiger partial charge in [0, 0.05) is 44.8 Å². The number of hydrogen-bond acceptors (Lipinski definition) is 4. The molecule has 0 saturated carbocycles. The number of halogens is 1. The highest BCUT2D eigenvalue weighted by atomic mass is 19.1. The fourth-order valence-electron chi connectivity index (χ4n) is 3.69. The second-order valence-corrected chi connectivity index (χ2v) is 6.95. The van der Waals surface area contributed by atoms with Crippen LogP contribution in [0.15, 0.2) is 18.2 Å². The van der Waals surface area contributed by atoms with Crippen LogP contribution in [-0.4, -0.2) is 66.8 Å². The average Bonchev–Trinajstić information content (AvgIpc) is 3.15. The molecule has 6 heteroatoms. The SMILES string of the molecule is CC(=O)c1ccc(N2CCN(C(C)C(=O)N3CCCC3)CC2)c(F)c1. The van der Waals surface area contributed by atoms with E-state index in [1.807, 2.05) is 16.7 Å². The maximum Gasteiger partial charge on any atom is 0.239 e. The van der Waals surface area contributed by atoms with Gasteiger partial charge < -0.3 is 9.80 Å². The van der Waals surface area contributed by atoms with E-state index in [1.165, 1.54) is 13.0 Å². The predicted octanol–water partition coefficient (Wildman–Crippen LogP) is 2.16. The van der Waals surface area contributed by atoms with Gasteiger partial charge >= 0.3 is 0 Å². The lowest BCUT2D eigenvalue weighted by Gasteiger charge is -2.39. The normalized spacial score (nSPS) is 20.0. The second-order valence-electron chi connectivity index (χ2n) is 6.95. The molecule has 2 aliphatic heterocycles. The Bertz CT molecular complexity index is 650. The van der Waals surface area contributed by atoms with Gasteiger partial charge in [0.1, 0.15) is 5.82 Å². The first-order chi connectivity index (χ1) is 12.0. The Morgan fingerprint density at radius 3 is 2.24 bits per heavy atom. The van der Waals surface area contributed by atoms with Gasteiger partial charge in [-0.25, -0.2) is 4.39 Å². The Balaban J connectivity index is 1.60. The number of piperazine rings is 1. The smallest absolute Gasteiger partial charge is 0.239 e. The number of carbonyl (C=O) groups is 2. The second kappa shape index (κ2) is 7.52. The van der Waals surface area contributed by atoms with Crippen molar-refractivity contribution >= 4 is 17.4 Å². The monoisotopic (exact) mass is 347 g/mol. The van der Waals surface area contributed by atoms with Gasteiger partial charge in [-0.15, -0.1) is 0 Å². The van der Waals surface area contributed by atoms with Crippen LogP contribution in [0.4, 0.5) is 10.1 Å². The summed E-state index contributed by atoms with van der Waals surface area (Å²) in [5.41, 5.74) is 0.924. The molecule has 0 N–H and O–H groups in total. The number of ketones is 1. The van der Waals surface area contributed by atoms with Crippen LogP contribution < -0.4 is 4.90 Å². The highest BCUT2D eigenvalue weighted by molar-refractivity contribution is 5.94. The molecular weight excluding hydrogens is 321 g/mol. The van der Waals surface area contributed by atoms with E-state index in [0.29, 0.717) is 24.3 Å². The minimum Gasteiger partial charge on any atom is -0.367 e. The van der Waals surface area contributed by atoms with E-state index in [-0.39, 0.29) is 23.5 Å². The van der Waals surface area contributed by atoms with E-state index >= 15 is 0 Å². The first kappa shape index (κ1) is 17.9. The Kier molecular flexibility index (Phi) is 5.37. The minimum atomic E-state index is -0.359. The van der Waals surface area contributed by atoms with Gasteiger partial charge in [0.25, 0.3) is 0 Å². The summed E-state index contributed by atoms with van der Waals surface area (Å²) in [6, 6.07) is 4.54. The fraction of sp³-hybridized carbons (Fsp3) is 0.579. The summed E-state index contributed by atoms with van der Waals surface area (Å²) < 4.78 is 14.3. The number of amides is 1. The van der Waals surface area contributed by atoms with Gasteiger partial charge in [-0.05, 0) is 44.9 Å². The maximum atomic E-state index is 14.3. The quantitative estimate of drug-likeness (QED) is 0.783. The molecule has 2 aliphatic rings. The fourth-order valence-corrected chi connectivity index (χ4v) is 3.69. The first-order valence-electron chi connectivity index (χ1n) is 9.05. The van der Waals surface area contributed by atoms with E-state index < -0.39 is 0 Å². The van der Waals surface area contributed by atoms with Gasteiger partial charge in [-0.1, -0.05) is 0 Å². The van der Waals surface area contributed by atoms with Gasteiger partial charge in [-0.2, -0.15) is 0 Å². The van der Waals surface area contributed by atoms with Crippen molar-refractivity contribution in [3.8, 4) is 0 Å². The average molecular weight is 347 g/mol. The van der Waals surface area contributed by atoms with Crippen LogP contribution in [0.5, 0.6) is 0 Å². The van der Waals surface area contributed by atoms with Gasteiger partial charge in [-0.3, -0.25) is 14.5 Å². The molecule has 2 saturated heterocycles. The molecule has 0 radical (unpaired) electrons. The first-order valence-corrected chi connectivity index (χ1v) is 9.05. The lowest BCUT2D eigenvalue weighted by molar-refractivity contribution is -0.135. The zero-order valence-electron chi connectivity index (χ0n) is 15.0. The number of hydrogen-bond donors (Lipinski definition) is 0. The molecule has 2 fully saturated rings. The summed E-state index contributed by atoms with van der Waals surface area (Å²) in [7, 11) is 0. The molecule has 3 rings (SSSR count). The summed E-state index contributed by atoms with van der Waals surface area (Å²) in [5.74, 6) is -0.283. The number of likely N-dealkylation sites (tertiary alicyclic amines) is 1. The zero-order valence-corrected chi connectivity index (χ0v) is 15.0. The van der Waals surface area contributed by atoms with E-state index in [1.54, 1.807) is 12.1 Å². The molecule has 0 bridgehead atoms. The molecule has 1 aromatic rings. The van der Waals surface area contributed by atoms with Crippen LogP contribution in [0.3, 0.4) is 0 Å². The van der Waals surface area contributed by atoms with Crippen molar-refractivity contribution in [3.63, 3.8) is 0 Å². The largest absolute Gasteiger partial charge is 0.367 e. The van der Waals surface area contributed by atoms with Crippen molar-refractivity contribution < 1.29 is 14.0 Å². The minimum absolute atomic E-state index is 0.120. The van der Waals surface area contributed by atoms with Crippen molar-refractivity contribution in [2.75, 3.05) is 44.2 Å². The highest BCUT2D eigenvalue weighted by Crippen LogP contribution is 2.23. The molecule has 136 valence electrons. The van der Waals surface area contributed by atoms with Crippen LogP contribution in [0, 0.1) is 5.82 Å². The van der Waals surface area contributed by atoms with E-state index in [0.717, 1.165) is 39.0 Å². The number of nitrogens with zero attached hydrogens (tertiary/aromatic N) is 3. The third-order valence-electron chi connectivity index (χ3n) is 5.33. The highest BCUT2D eigenvalue weighted by Gasteiger charge is 2.30. The van der Waals surface area contributed by atoms with Gasteiger partial charge in [0.2, 0.25) is 5.91 Å². The molecular formula is C19H26FN3O2. The van der Waals surface area contributed by atoms with Crippen molar-refractivity contribution in [1.82, 2.24) is 9.80 Å². The van der Waals surface area contributed by atoms with Crippen LogP contribution in [0.25, 0.3) is 0 Å². The van der Waals surface area contributed by atoms with Crippen molar-refractivity contribution in [3.05, 3.63) is 29.6 Å². The molecule has 1 aromatic carbocycles. The number of carbonyl (C=O) groups excluding carboxylic acids is 2. The van der Waals surface area contributed by atoms with Crippen LogP contribution in [-0.2, 0) is 4.79 Å². The van der Waals surface area contributed by atoms with Crippen LogP contribution >= 0.6 is 0 Å². The van der Waals surface area contributed by atoms with Crippen molar-refractivity contribution in [1.29, 1.82) is 0 Å². The number of benzene rings is 1. The molecule has 0 spiro atoms. The number of rotatable bonds is 4. The third kappa shape index (κ3) is 3.84. The number of anilines is 1. The lowest BCUT2D eigenvalue weighted by atomic mass is 10.1. The summed E-state index contributed by atoms with van der Waals surface area (Å²) in [6.07, 6.45) is 2.20. The summed E-state index contributed by atoms with van der Waals surface area (Å²) in [4.78, 5) is 30.0. The predicted molar refractivity (Wildman–Crippen MR) is 95.5 cm³/mol. The van der Waals surface area contributed by atoms with Crippen molar-refractivity contribution in [2.24, 2.45) is 0 Å². The molecule has 5 nitrogen and oxygen atoms in total. The molecule has 2 heterocycles. The molecule has 1 unspecified atom stereocenters. The molecule has 0 aromatic heterocycles. The number of Topliss-reactive ketones (excluding diaryl/α,β-unsaturated/α-hetero) is 1. The van der Waals surface area contributed by atoms with E-state index in [9.17, 15) is 14.0 Å². The molecule has 1 amide bonds. The van der Waals surface area contributed by atoms with Gasteiger partial charge in [0.05, 0.1) is 11.7 Å². The molecule has 0 aliphatic carbocycles. The van der Waals surface area contributed by atoms with Crippen LogP contribution in [0.2, 0.25) is 0 Å². The Labute approximate surface area is 148 Å². The maximum absolute atomic E-state index is 14.3.